The number of hydrogen-bond donors (Lipinski definition) is 0. The van der Waals surface area contributed by atoms with Crippen LogP contribution in [0.25, 0.3) is 0 Å². The molecule has 0 aliphatic carbocycles. The molecule has 0 bridgehead atoms. The molecule has 0 aromatic heterocycles. The van der Waals surface area contributed by atoms with Crippen LogP contribution in [0, 0.1) is 0 Å². The fourth-order valence-electron chi connectivity index (χ4n) is 3.19. The molecule has 2 aromatic rings. The van der Waals surface area contributed by atoms with Crippen LogP contribution in [0.2, 0.25) is 0 Å². The number of benzene rings is 2. The van der Waals surface area contributed by atoms with E-state index in [4.69, 9.17) is 4.74 Å². The van der Waals surface area contributed by atoms with Crippen molar-refractivity contribution >= 4 is 16.0 Å². The van der Waals surface area contributed by atoms with Crippen molar-refractivity contribution in [2.45, 2.75) is 36.9 Å². The summed E-state index contributed by atoms with van der Waals surface area (Å²) in [5, 5.41) is 0. The second-order valence-corrected chi connectivity index (χ2v) is 8.66. The summed E-state index contributed by atoms with van der Waals surface area (Å²) >= 11 is 0. The third-order valence-electron chi connectivity index (χ3n) is 4.70. The second-order valence-electron chi connectivity index (χ2n) is 6.72. The number of carbonyl (C=O) groups is 1. The van der Waals surface area contributed by atoms with Gasteiger partial charge in [0.15, 0.2) is 0 Å². The first-order valence-corrected chi connectivity index (χ1v) is 10.6. The molecule has 156 valence electrons. The molecular formula is C20H20F3NO4S. The molecule has 0 amide bonds. The highest BCUT2D eigenvalue weighted by Gasteiger charge is 2.33. The summed E-state index contributed by atoms with van der Waals surface area (Å²) in [4.78, 5) is 12.3. The van der Waals surface area contributed by atoms with Gasteiger partial charge in [-0.3, -0.25) is 0 Å². The van der Waals surface area contributed by atoms with E-state index in [0.717, 1.165) is 25.3 Å². The van der Waals surface area contributed by atoms with Gasteiger partial charge in [-0.05, 0) is 37.1 Å². The summed E-state index contributed by atoms with van der Waals surface area (Å²) in [6, 6.07) is 10.2. The molecule has 1 fully saturated rings. The molecule has 1 saturated heterocycles. The molecule has 0 unspecified atom stereocenters. The van der Waals surface area contributed by atoms with Crippen molar-refractivity contribution in [3.05, 3.63) is 65.2 Å². The molecule has 9 heteroatoms. The molecule has 0 atom stereocenters. The third-order valence-corrected chi connectivity index (χ3v) is 6.60. The van der Waals surface area contributed by atoms with Gasteiger partial charge >= 0.3 is 12.1 Å². The first kappa shape index (κ1) is 21.3. The highest BCUT2D eigenvalue weighted by atomic mass is 32.2. The summed E-state index contributed by atoms with van der Waals surface area (Å²) in [6.07, 6.45) is -2.04. The Hall–Kier alpha value is -2.39. The number of rotatable bonds is 5. The first-order chi connectivity index (χ1) is 13.7. The maximum atomic E-state index is 13.0. The molecule has 1 aliphatic rings. The maximum absolute atomic E-state index is 13.0. The molecule has 1 heterocycles. The van der Waals surface area contributed by atoms with E-state index in [9.17, 15) is 26.4 Å². The van der Waals surface area contributed by atoms with Crippen LogP contribution < -0.4 is 0 Å². The van der Waals surface area contributed by atoms with Crippen molar-refractivity contribution in [1.29, 1.82) is 0 Å². The van der Waals surface area contributed by atoms with E-state index < -0.39 is 34.3 Å². The van der Waals surface area contributed by atoms with Crippen LogP contribution in [0.15, 0.2) is 53.4 Å². The van der Waals surface area contributed by atoms with E-state index in [2.05, 4.69) is 0 Å². The van der Waals surface area contributed by atoms with Gasteiger partial charge in [-0.1, -0.05) is 30.7 Å². The topological polar surface area (TPSA) is 63.7 Å². The van der Waals surface area contributed by atoms with Crippen LogP contribution in [0.5, 0.6) is 0 Å². The Morgan fingerprint density at radius 2 is 1.69 bits per heavy atom. The fourth-order valence-corrected chi connectivity index (χ4v) is 4.75. The highest BCUT2D eigenvalue weighted by molar-refractivity contribution is 7.89. The molecular weight excluding hydrogens is 407 g/mol. The first-order valence-electron chi connectivity index (χ1n) is 9.12. The predicted octanol–water partition coefficient (Wildman–Crippen LogP) is 4.24. The third kappa shape index (κ3) is 4.97. The zero-order chi connectivity index (χ0) is 21.1. The van der Waals surface area contributed by atoms with Crippen molar-refractivity contribution in [3.8, 4) is 0 Å². The van der Waals surface area contributed by atoms with E-state index in [-0.39, 0.29) is 16.0 Å². The van der Waals surface area contributed by atoms with E-state index in [0.29, 0.717) is 13.1 Å². The predicted molar refractivity (Wildman–Crippen MR) is 99.6 cm³/mol. The van der Waals surface area contributed by atoms with Crippen molar-refractivity contribution in [2.75, 3.05) is 13.1 Å². The number of alkyl halides is 3. The summed E-state index contributed by atoms with van der Waals surface area (Å²) < 4.78 is 71.0. The summed E-state index contributed by atoms with van der Waals surface area (Å²) in [7, 11) is -3.73. The Morgan fingerprint density at radius 1 is 1.00 bits per heavy atom. The zero-order valence-corrected chi connectivity index (χ0v) is 16.3. The van der Waals surface area contributed by atoms with Gasteiger partial charge in [-0.25, -0.2) is 13.2 Å². The number of sulfonamides is 1. The van der Waals surface area contributed by atoms with Gasteiger partial charge in [0.2, 0.25) is 10.0 Å². The smallest absolute Gasteiger partial charge is 0.416 e. The van der Waals surface area contributed by atoms with Crippen LogP contribution in [0.3, 0.4) is 0 Å². The number of hydrogen-bond acceptors (Lipinski definition) is 4. The van der Waals surface area contributed by atoms with Crippen LogP contribution in [0.4, 0.5) is 13.2 Å². The van der Waals surface area contributed by atoms with Gasteiger partial charge in [0.25, 0.3) is 0 Å². The quantitative estimate of drug-likeness (QED) is 0.670. The van der Waals surface area contributed by atoms with Crippen LogP contribution in [-0.2, 0) is 27.5 Å². The van der Waals surface area contributed by atoms with Gasteiger partial charge in [0, 0.05) is 18.7 Å². The van der Waals surface area contributed by atoms with Crippen molar-refractivity contribution in [2.24, 2.45) is 0 Å². The Morgan fingerprint density at radius 3 is 2.38 bits per heavy atom. The number of halogens is 3. The SMILES string of the molecule is O=C(OCc1ccccc1C(F)(F)F)c1cccc(S(=O)(=O)N2CCCCC2)c1. The number of ether oxygens (including phenoxy) is 1. The second kappa shape index (κ2) is 8.54. The van der Waals surface area contributed by atoms with Gasteiger partial charge in [-0.2, -0.15) is 17.5 Å². The standard InChI is InChI=1S/C20H20F3NO4S/c21-20(22,23)18-10-3-2-7-16(18)14-28-19(25)15-8-6-9-17(13-15)29(26,27)24-11-4-1-5-12-24/h2-3,6-10,13H,1,4-5,11-12,14H2. The summed E-state index contributed by atoms with van der Waals surface area (Å²) in [6.45, 7) is 0.272. The lowest BCUT2D eigenvalue weighted by Gasteiger charge is -2.26. The van der Waals surface area contributed by atoms with E-state index in [1.165, 1.54) is 46.8 Å². The summed E-state index contributed by atoms with van der Waals surface area (Å²) in [5.41, 5.74) is -1.09. The Labute approximate surface area is 167 Å². The van der Waals surface area contributed by atoms with Gasteiger partial charge in [0.05, 0.1) is 16.0 Å². The molecule has 29 heavy (non-hydrogen) atoms. The Kier molecular flexibility index (Phi) is 6.28. The number of carbonyl (C=O) groups excluding carboxylic acids is 1. The average molecular weight is 427 g/mol. The molecule has 1 aliphatic heterocycles. The summed E-state index contributed by atoms with van der Waals surface area (Å²) in [5.74, 6) is -0.891. The van der Waals surface area contributed by atoms with Gasteiger partial charge < -0.3 is 4.74 Å². The van der Waals surface area contributed by atoms with Gasteiger partial charge in [-0.15, -0.1) is 0 Å². The zero-order valence-electron chi connectivity index (χ0n) is 15.5. The fraction of sp³-hybridized carbons (Fsp3) is 0.350. The van der Waals surface area contributed by atoms with E-state index in [1.54, 1.807) is 0 Å². The number of esters is 1. The lowest BCUT2D eigenvalue weighted by Crippen LogP contribution is -2.35. The minimum atomic E-state index is -4.56. The Balaban J connectivity index is 1.75. The molecule has 0 saturated carbocycles. The molecule has 3 rings (SSSR count). The molecule has 0 N–H and O–H groups in total. The van der Waals surface area contributed by atoms with Crippen molar-refractivity contribution < 1.29 is 31.1 Å². The molecule has 0 radical (unpaired) electrons. The maximum Gasteiger partial charge on any atom is 0.416 e. The lowest BCUT2D eigenvalue weighted by atomic mass is 10.1. The van der Waals surface area contributed by atoms with Crippen molar-refractivity contribution in [1.82, 2.24) is 4.31 Å². The van der Waals surface area contributed by atoms with Crippen molar-refractivity contribution in [3.63, 3.8) is 0 Å². The minimum Gasteiger partial charge on any atom is -0.457 e. The number of piperidine rings is 1. The lowest BCUT2D eigenvalue weighted by molar-refractivity contribution is -0.138. The Bertz CT molecular complexity index is 983. The molecule has 2 aromatic carbocycles. The monoisotopic (exact) mass is 427 g/mol. The molecule has 0 spiro atoms. The van der Waals surface area contributed by atoms with Gasteiger partial charge in [0.1, 0.15) is 6.61 Å². The largest absolute Gasteiger partial charge is 0.457 e. The van der Waals surface area contributed by atoms with Crippen LogP contribution in [0.1, 0.15) is 40.7 Å². The van der Waals surface area contributed by atoms with E-state index in [1.807, 2.05) is 0 Å². The highest BCUT2D eigenvalue weighted by Crippen LogP contribution is 2.32. The average Bonchev–Trinajstić information content (AvgIpc) is 2.72. The van der Waals surface area contributed by atoms with E-state index >= 15 is 0 Å². The van der Waals surface area contributed by atoms with Crippen LogP contribution in [-0.4, -0.2) is 31.8 Å². The normalized spacial score (nSPS) is 15.8. The molecule has 5 nitrogen and oxygen atoms in total. The number of nitrogens with zero attached hydrogens (tertiary/aromatic N) is 1. The minimum absolute atomic E-state index is 0.0347. The van der Waals surface area contributed by atoms with Crippen LogP contribution >= 0.6 is 0 Å².